The van der Waals surface area contributed by atoms with Crippen LogP contribution in [0.4, 0.5) is 0 Å². The molecule has 6 aromatic rings. The second kappa shape index (κ2) is 8.06. The highest BCUT2D eigenvalue weighted by atomic mass is 15.2. The fourth-order valence-electron chi connectivity index (χ4n) is 7.98. The molecule has 0 aliphatic carbocycles. The zero-order valence-corrected chi connectivity index (χ0v) is 22.1. The summed E-state index contributed by atoms with van der Waals surface area (Å²) in [6.45, 7) is 0. The average Bonchev–Trinajstić information content (AvgIpc) is 3.14. The maximum atomic E-state index is 2.61. The van der Waals surface area contributed by atoms with E-state index in [1.165, 1.54) is 50.5 Å². The molecule has 1 spiro atoms. The van der Waals surface area contributed by atoms with Crippen LogP contribution in [0.5, 0.6) is 0 Å². The molecule has 3 aromatic heterocycles. The Balaban J connectivity index is 1.51. The molecule has 0 radical (unpaired) electrons. The van der Waals surface area contributed by atoms with Gasteiger partial charge >= 0.3 is 0 Å². The smallest absolute Gasteiger partial charge is 0.184 e. The Morgan fingerprint density at radius 3 is 1.95 bits per heavy atom. The third kappa shape index (κ3) is 2.72. The van der Waals surface area contributed by atoms with Gasteiger partial charge in [-0.3, -0.25) is 0 Å². The molecule has 0 N–H and O–H groups in total. The molecular formula is C37H28N3+3. The van der Waals surface area contributed by atoms with Crippen LogP contribution in [0.1, 0.15) is 28.8 Å². The van der Waals surface area contributed by atoms with E-state index >= 15 is 0 Å². The number of fused-ring (bicyclic) bond motifs is 16. The number of hydrogen-bond donors (Lipinski definition) is 0. The largest absolute Gasteiger partial charge is 0.292 e. The Hall–Kier alpha value is -4.89. The first-order valence-corrected chi connectivity index (χ1v) is 14.2. The lowest BCUT2D eigenvalue weighted by Crippen LogP contribution is -2.73. The second-order valence-corrected chi connectivity index (χ2v) is 11.2. The zero-order valence-electron chi connectivity index (χ0n) is 22.1. The quantitative estimate of drug-likeness (QED) is 0.220. The summed E-state index contributed by atoms with van der Waals surface area (Å²) in [6.07, 6.45) is 7.83. The van der Waals surface area contributed by atoms with Gasteiger partial charge in [0, 0.05) is 53.1 Å². The van der Waals surface area contributed by atoms with E-state index in [0.29, 0.717) is 0 Å². The summed E-state index contributed by atoms with van der Waals surface area (Å²) in [4.78, 5) is 0. The molecule has 40 heavy (non-hydrogen) atoms. The lowest BCUT2D eigenvalue weighted by Gasteiger charge is -2.39. The third-order valence-electron chi connectivity index (χ3n) is 9.44. The van der Waals surface area contributed by atoms with E-state index in [9.17, 15) is 0 Å². The van der Waals surface area contributed by atoms with Gasteiger partial charge in [0.25, 0.3) is 17.6 Å². The molecule has 3 unspecified atom stereocenters. The number of benzene rings is 3. The van der Waals surface area contributed by atoms with Gasteiger partial charge in [-0.05, 0) is 42.0 Å². The lowest BCUT2D eigenvalue weighted by atomic mass is 9.68. The Bertz CT molecular complexity index is 1970. The fraction of sp³-hybridized carbons (Fsp3) is 0.108. The molecule has 6 heterocycles. The van der Waals surface area contributed by atoms with Gasteiger partial charge in [-0.1, -0.05) is 54.6 Å². The van der Waals surface area contributed by atoms with Gasteiger partial charge < -0.3 is 0 Å². The SMILES string of the molecule is c1ccc2c(c1)CC1(c3ccccc3-c3cccc[n+]3C3c4ccccc4-c4cccc[n+]4C31)[n+]1ccccc1-2. The molecule has 3 atom stereocenters. The van der Waals surface area contributed by atoms with Crippen molar-refractivity contribution in [3.8, 4) is 33.8 Å². The van der Waals surface area contributed by atoms with E-state index < -0.39 is 0 Å². The van der Waals surface area contributed by atoms with Crippen molar-refractivity contribution in [3.63, 3.8) is 0 Å². The Morgan fingerprint density at radius 2 is 1.10 bits per heavy atom. The van der Waals surface area contributed by atoms with Crippen LogP contribution >= 0.6 is 0 Å². The lowest BCUT2D eigenvalue weighted by molar-refractivity contribution is -0.871. The van der Waals surface area contributed by atoms with Crippen molar-refractivity contribution in [1.82, 2.24) is 0 Å². The molecule has 3 aliphatic heterocycles. The van der Waals surface area contributed by atoms with Crippen LogP contribution in [0.15, 0.2) is 146 Å². The first kappa shape index (κ1) is 22.0. The number of hydrogen-bond acceptors (Lipinski definition) is 0. The highest BCUT2D eigenvalue weighted by Crippen LogP contribution is 2.52. The number of nitrogens with zero attached hydrogens (tertiary/aromatic N) is 3. The van der Waals surface area contributed by atoms with E-state index in [-0.39, 0.29) is 17.6 Å². The molecule has 0 amide bonds. The van der Waals surface area contributed by atoms with Gasteiger partial charge in [0.2, 0.25) is 17.1 Å². The van der Waals surface area contributed by atoms with Crippen molar-refractivity contribution >= 4 is 0 Å². The van der Waals surface area contributed by atoms with Crippen molar-refractivity contribution in [2.24, 2.45) is 0 Å². The highest BCUT2D eigenvalue weighted by Gasteiger charge is 2.68. The van der Waals surface area contributed by atoms with Crippen LogP contribution in [-0.2, 0) is 12.0 Å². The molecule has 3 nitrogen and oxygen atoms in total. The predicted molar refractivity (Wildman–Crippen MR) is 154 cm³/mol. The first-order chi connectivity index (χ1) is 19.9. The first-order valence-electron chi connectivity index (χ1n) is 14.2. The van der Waals surface area contributed by atoms with Gasteiger partial charge in [-0.25, -0.2) is 0 Å². The summed E-state index contributed by atoms with van der Waals surface area (Å²) in [5.74, 6) is 0. The molecule has 0 bridgehead atoms. The summed E-state index contributed by atoms with van der Waals surface area (Å²) < 4.78 is 7.73. The molecule has 0 fully saturated rings. The van der Waals surface area contributed by atoms with Crippen LogP contribution in [0.2, 0.25) is 0 Å². The molecule has 3 aliphatic rings. The Kier molecular flexibility index (Phi) is 4.43. The van der Waals surface area contributed by atoms with Gasteiger partial charge in [-0.2, -0.15) is 13.7 Å². The van der Waals surface area contributed by atoms with Crippen LogP contribution in [0, 0.1) is 0 Å². The minimum atomic E-state index is -0.382. The fourth-order valence-corrected chi connectivity index (χ4v) is 7.98. The topological polar surface area (TPSA) is 11.6 Å². The summed E-state index contributed by atoms with van der Waals surface area (Å²) in [6, 6.07) is 47.4. The van der Waals surface area contributed by atoms with Crippen LogP contribution in [0.3, 0.4) is 0 Å². The molecule has 0 saturated heterocycles. The number of pyridine rings is 3. The van der Waals surface area contributed by atoms with Crippen molar-refractivity contribution < 1.29 is 13.7 Å². The van der Waals surface area contributed by atoms with Crippen molar-refractivity contribution in [3.05, 3.63) is 163 Å². The summed E-state index contributed by atoms with van der Waals surface area (Å²) >= 11 is 0. The molecular weight excluding hydrogens is 486 g/mol. The zero-order chi connectivity index (χ0) is 26.3. The van der Waals surface area contributed by atoms with Gasteiger partial charge in [-0.15, -0.1) is 0 Å². The van der Waals surface area contributed by atoms with Gasteiger partial charge in [0.1, 0.15) is 0 Å². The molecule has 188 valence electrons. The van der Waals surface area contributed by atoms with E-state index in [4.69, 9.17) is 0 Å². The minimum absolute atomic E-state index is 0.0768. The van der Waals surface area contributed by atoms with Gasteiger partial charge in [0.05, 0.1) is 17.5 Å². The van der Waals surface area contributed by atoms with Crippen molar-refractivity contribution in [1.29, 1.82) is 0 Å². The highest BCUT2D eigenvalue weighted by molar-refractivity contribution is 5.69. The summed E-state index contributed by atoms with van der Waals surface area (Å²) in [5.41, 5.74) is 11.5. The number of rotatable bonds is 0. The average molecular weight is 515 g/mol. The number of aromatic nitrogens is 3. The predicted octanol–water partition coefficient (Wildman–Crippen LogP) is 6.01. The summed E-state index contributed by atoms with van der Waals surface area (Å²) in [5, 5.41) is 0. The minimum Gasteiger partial charge on any atom is -0.184 e. The van der Waals surface area contributed by atoms with Crippen molar-refractivity contribution in [2.45, 2.75) is 24.0 Å². The van der Waals surface area contributed by atoms with Crippen LogP contribution in [0.25, 0.3) is 33.8 Å². The van der Waals surface area contributed by atoms with Crippen LogP contribution in [-0.4, -0.2) is 0 Å². The summed E-state index contributed by atoms with van der Waals surface area (Å²) in [7, 11) is 0. The molecule has 3 heteroatoms. The monoisotopic (exact) mass is 514 g/mol. The Morgan fingerprint density at radius 1 is 0.500 bits per heavy atom. The van der Waals surface area contributed by atoms with Crippen molar-refractivity contribution in [2.75, 3.05) is 0 Å². The maximum absolute atomic E-state index is 2.61. The van der Waals surface area contributed by atoms with E-state index in [0.717, 1.165) is 6.42 Å². The standard InChI is InChI=1S/C37H28N3/c1-2-14-27-26(13-1)25-37(40-24-12-9-21-34(27)40)31-18-6-5-17-30(31)33-20-7-10-22-38(33)35-29-16-4-3-15-28(29)32-19-8-11-23-39(32)36(35)37/h1-24,35-36H,25H2/q+3. The molecule has 0 saturated carbocycles. The maximum Gasteiger partial charge on any atom is 0.292 e. The van der Waals surface area contributed by atoms with E-state index in [2.05, 4.69) is 160 Å². The van der Waals surface area contributed by atoms with Gasteiger partial charge in [0.15, 0.2) is 18.6 Å². The normalized spacial score (nSPS) is 21.0. The second-order valence-electron chi connectivity index (χ2n) is 11.2. The molecule has 9 rings (SSSR count). The van der Waals surface area contributed by atoms with Crippen LogP contribution < -0.4 is 13.7 Å². The Labute approximate surface area is 233 Å². The third-order valence-corrected chi connectivity index (χ3v) is 9.44. The van der Waals surface area contributed by atoms with E-state index in [1.54, 1.807) is 0 Å². The molecule has 3 aromatic carbocycles. The van der Waals surface area contributed by atoms with E-state index in [1.807, 2.05) is 0 Å².